The number of pyridine rings is 1. The molecule has 2 fully saturated rings. The van der Waals surface area contributed by atoms with Gasteiger partial charge in [-0.2, -0.15) is 0 Å². The molecular formula is C36H44N4O. The van der Waals surface area contributed by atoms with E-state index < -0.39 is 5.60 Å². The number of fused-ring (bicyclic) bond motifs is 5. The molecule has 0 saturated carbocycles. The number of H-pyrrole nitrogens is 1. The van der Waals surface area contributed by atoms with E-state index in [1.54, 1.807) is 0 Å². The van der Waals surface area contributed by atoms with Crippen molar-refractivity contribution in [1.82, 2.24) is 19.8 Å². The van der Waals surface area contributed by atoms with Gasteiger partial charge in [-0.3, -0.25) is 9.88 Å². The van der Waals surface area contributed by atoms with Crippen LogP contribution in [0.5, 0.6) is 0 Å². The molecule has 2 aromatic heterocycles. The number of aromatic amines is 1. The zero-order valence-electron chi connectivity index (χ0n) is 24.3. The lowest BCUT2D eigenvalue weighted by atomic mass is 9.54. The van der Waals surface area contributed by atoms with E-state index in [-0.39, 0.29) is 11.5 Å². The summed E-state index contributed by atoms with van der Waals surface area (Å²) in [7, 11) is 0. The molecule has 6 heterocycles. The Balaban J connectivity index is 1.35. The predicted octanol–water partition coefficient (Wildman–Crippen LogP) is 6.86. The Kier molecular flexibility index (Phi) is 6.46. The van der Waals surface area contributed by atoms with Gasteiger partial charge in [0.1, 0.15) is 0 Å². The second-order valence-corrected chi connectivity index (χ2v) is 13.5. The number of allylic oxidation sites excluding steroid dienone is 4. The van der Waals surface area contributed by atoms with Crippen LogP contribution in [0.15, 0.2) is 66.9 Å². The summed E-state index contributed by atoms with van der Waals surface area (Å²) in [5.74, 6) is 0.385. The third kappa shape index (κ3) is 4.18. The van der Waals surface area contributed by atoms with E-state index in [9.17, 15) is 5.11 Å². The molecule has 1 aromatic carbocycles. The van der Waals surface area contributed by atoms with Crippen LogP contribution in [0.25, 0.3) is 27.4 Å². The van der Waals surface area contributed by atoms with Crippen LogP contribution in [0.3, 0.4) is 0 Å². The smallest absolute Gasteiger partial charge is 0.0998 e. The zero-order chi connectivity index (χ0) is 27.4. The van der Waals surface area contributed by atoms with Gasteiger partial charge in [0.05, 0.1) is 22.9 Å². The average molecular weight is 549 g/mol. The number of benzene rings is 1. The molecule has 2 N–H and O–H groups in total. The fourth-order valence-electron chi connectivity index (χ4n) is 9.59. The van der Waals surface area contributed by atoms with Gasteiger partial charge in [0.2, 0.25) is 0 Å². The van der Waals surface area contributed by atoms with Gasteiger partial charge >= 0.3 is 0 Å². The molecule has 214 valence electrons. The molecule has 2 unspecified atom stereocenters. The van der Waals surface area contributed by atoms with Crippen molar-refractivity contribution in [2.75, 3.05) is 26.2 Å². The Morgan fingerprint density at radius 2 is 1.76 bits per heavy atom. The van der Waals surface area contributed by atoms with E-state index in [2.05, 4.69) is 75.5 Å². The second kappa shape index (κ2) is 10.2. The van der Waals surface area contributed by atoms with Crippen LogP contribution in [0.2, 0.25) is 0 Å². The zero-order valence-corrected chi connectivity index (χ0v) is 24.3. The highest BCUT2D eigenvalue weighted by Gasteiger charge is 2.65. The van der Waals surface area contributed by atoms with Crippen LogP contribution < -0.4 is 0 Å². The van der Waals surface area contributed by atoms with Crippen LogP contribution in [-0.4, -0.2) is 68.7 Å². The monoisotopic (exact) mass is 548 g/mol. The molecule has 1 spiro atoms. The summed E-state index contributed by atoms with van der Waals surface area (Å²) in [6.45, 7) is 4.47. The van der Waals surface area contributed by atoms with E-state index in [1.807, 2.05) is 6.20 Å². The topological polar surface area (TPSA) is 55.4 Å². The Bertz CT molecular complexity index is 1530. The fraction of sp³-hybridized carbons (Fsp3) is 0.528. The normalized spacial score (nSPS) is 37.6. The average Bonchev–Trinajstić information content (AvgIpc) is 3.49. The summed E-state index contributed by atoms with van der Waals surface area (Å²) in [5, 5.41) is 15.5. The number of nitrogens with zero attached hydrogens (tertiary/aromatic N) is 3. The molecule has 3 bridgehead atoms. The third-order valence-electron chi connectivity index (χ3n) is 11.2. The van der Waals surface area contributed by atoms with E-state index in [1.165, 1.54) is 55.0 Å². The lowest BCUT2D eigenvalue weighted by Crippen LogP contribution is -2.65. The summed E-state index contributed by atoms with van der Waals surface area (Å²) in [6.07, 6.45) is 25.2. The number of nitrogens with one attached hydrogen (secondary N) is 1. The number of aliphatic hydroxyl groups is 1. The fourth-order valence-corrected chi connectivity index (χ4v) is 9.59. The minimum Gasteiger partial charge on any atom is -0.384 e. The van der Waals surface area contributed by atoms with Crippen molar-refractivity contribution in [1.29, 1.82) is 0 Å². The minimum atomic E-state index is -0.898. The first-order valence-electron chi connectivity index (χ1n) is 16.3. The first-order valence-corrected chi connectivity index (χ1v) is 16.3. The van der Waals surface area contributed by atoms with E-state index >= 15 is 0 Å². The molecule has 41 heavy (non-hydrogen) atoms. The lowest BCUT2D eigenvalue weighted by Gasteiger charge is -2.58. The van der Waals surface area contributed by atoms with Crippen molar-refractivity contribution >= 4 is 27.4 Å². The second-order valence-electron chi connectivity index (χ2n) is 13.5. The molecule has 5 aliphatic rings. The van der Waals surface area contributed by atoms with Crippen molar-refractivity contribution in [3.8, 4) is 0 Å². The van der Waals surface area contributed by atoms with Gasteiger partial charge in [-0.25, -0.2) is 0 Å². The number of para-hydroxylation sites is 1. The van der Waals surface area contributed by atoms with Gasteiger partial charge in [0.25, 0.3) is 0 Å². The van der Waals surface area contributed by atoms with Crippen LogP contribution in [0, 0.1) is 11.3 Å². The first kappa shape index (κ1) is 25.9. The maximum Gasteiger partial charge on any atom is 0.0998 e. The number of hydrogen-bond donors (Lipinski definition) is 2. The highest BCUT2D eigenvalue weighted by Crippen LogP contribution is 2.61. The number of aromatic nitrogens is 2. The van der Waals surface area contributed by atoms with Gasteiger partial charge in [-0.05, 0) is 114 Å². The molecule has 2 saturated heterocycles. The molecule has 1 aliphatic carbocycles. The van der Waals surface area contributed by atoms with Crippen LogP contribution in [-0.2, 0) is 0 Å². The van der Waals surface area contributed by atoms with Gasteiger partial charge in [0, 0.05) is 40.5 Å². The maximum absolute atomic E-state index is 13.1. The van der Waals surface area contributed by atoms with Crippen molar-refractivity contribution < 1.29 is 5.11 Å². The summed E-state index contributed by atoms with van der Waals surface area (Å²) in [6, 6.07) is 11.3. The van der Waals surface area contributed by atoms with Crippen molar-refractivity contribution in [2.24, 2.45) is 11.3 Å². The summed E-state index contributed by atoms with van der Waals surface area (Å²) in [5.41, 5.74) is 3.74. The van der Waals surface area contributed by atoms with Crippen LogP contribution >= 0.6 is 0 Å². The molecular weight excluding hydrogens is 504 g/mol. The van der Waals surface area contributed by atoms with E-state index in [0.717, 1.165) is 68.5 Å². The van der Waals surface area contributed by atoms with Crippen molar-refractivity contribution in [3.63, 3.8) is 0 Å². The molecule has 5 nitrogen and oxygen atoms in total. The molecule has 4 aliphatic heterocycles. The Hall–Kier alpha value is -2.73. The molecule has 6 atom stereocenters. The molecule has 0 amide bonds. The quantitative estimate of drug-likeness (QED) is 0.326. The minimum absolute atomic E-state index is 0.00403. The largest absolute Gasteiger partial charge is 0.384 e. The van der Waals surface area contributed by atoms with Crippen molar-refractivity contribution in [2.45, 2.75) is 81.9 Å². The number of hydrogen-bond acceptors (Lipinski definition) is 4. The predicted molar refractivity (Wildman–Crippen MR) is 168 cm³/mol. The van der Waals surface area contributed by atoms with E-state index in [0.29, 0.717) is 12.0 Å². The van der Waals surface area contributed by atoms with Gasteiger partial charge in [0.15, 0.2) is 0 Å². The van der Waals surface area contributed by atoms with Gasteiger partial charge in [-0.15, -0.1) is 0 Å². The van der Waals surface area contributed by atoms with Gasteiger partial charge < -0.3 is 15.0 Å². The Labute approximate surface area is 244 Å². The lowest BCUT2D eigenvalue weighted by molar-refractivity contribution is -0.0894. The molecule has 8 rings (SSSR count). The van der Waals surface area contributed by atoms with Crippen LogP contribution in [0.1, 0.15) is 69.9 Å². The van der Waals surface area contributed by atoms with Crippen LogP contribution in [0.4, 0.5) is 0 Å². The molecule has 0 radical (unpaired) electrons. The van der Waals surface area contributed by atoms with Gasteiger partial charge in [-0.1, -0.05) is 42.5 Å². The van der Waals surface area contributed by atoms with Crippen molar-refractivity contribution in [3.05, 3.63) is 72.6 Å². The highest BCUT2D eigenvalue weighted by atomic mass is 16.3. The Morgan fingerprint density at radius 3 is 2.71 bits per heavy atom. The summed E-state index contributed by atoms with van der Waals surface area (Å²) < 4.78 is 0. The highest BCUT2D eigenvalue weighted by molar-refractivity contribution is 6.09. The van der Waals surface area contributed by atoms with E-state index in [4.69, 9.17) is 4.98 Å². The number of rotatable bonds is 1. The molecule has 3 aromatic rings. The first-order chi connectivity index (χ1) is 20.2. The molecule has 5 heteroatoms. The maximum atomic E-state index is 13.1. The standard InChI is InChI=1S/C36H44N4O/c41-36-18-10-4-1-2-5-11-20-39-22-17-30(35(25-39)23-26-13-7-3-6-12-21-40(26)34(35)36)29(24-36)32-33-28(16-19-37-32)27-14-8-9-15-31(27)38-33/h1,4,7-9,13-16,19,24,26,30,34,38,41H,2-3,5-6,10-12,17-18,20-23,25H2/b4-1+,13-7-/t26?,30-,34+,35-,36-/m0/s1. The Morgan fingerprint density at radius 1 is 0.902 bits per heavy atom. The summed E-state index contributed by atoms with van der Waals surface area (Å²) in [4.78, 5) is 14.4. The SMILES string of the molecule is O[C@]12C=C(c3nccc4c3[nH]c3ccccc34)[C@@H]3CCN(CCCC/C=C/CC1)C[C@@]31CC3/C=C\CCCCN3[C@H]12. The number of piperidine rings is 1. The third-order valence-corrected chi connectivity index (χ3v) is 11.2. The summed E-state index contributed by atoms with van der Waals surface area (Å²) >= 11 is 0.